The first kappa shape index (κ1) is 14.5. The number of halogens is 2. The molecular formula is C13H15F2N3O2. The highest BCUT2D eigenvalue weighted by molar-refractivity contribution is 5.26. The molecule has 0 spiro atoms. The number of benzene rings is 1. The zero-order valence-electron chi connectivity index (χ0n) is 10.9. The highest BCUT2D eigenvalue weighted by Gasteiger charge is 2.38. The van der Waals surface area contributed by atoms with Gasteiger partial charge in [-0.15, -0.1) is 0 Å². The molecular weight excluding hydrogens is 268 g/mol. The predicted molar refractivity (Wildman–Crippen MR) is 66.5 cm³/mol. The van der Waals surface area contributed by atoms with Crippen molar-refractivity contribution in [1.82, 2.24) is 14.8 Å². The molecule has 1 heterocycles. The van der Waals surface area contributed by atoms with E-state index in [2.05, 4.69) is 10.1 Å². The Morgan fingerprint density at radius 2 is 2.15 bits per heavy atom. The number of hydrogen-bond donors (Lipinski definition) is 2. The largest absolute Gasteiger partial charge is 0.396 e. The number of aliphatic hydroxyl groups excluding tert-OH is 1. The van der Waals surface area contributed by atoms with Crippen LogP contribution in [0.1, 0.15) is 12.5 Å². The Morgan fingerprint density at radius 1 is 1.40 bits per heavy atom. The molecule has 1 aromatic carbocycles. The minimum absolute atomic E-state index is 0.0871. The molecule has 20 heavy (non-hydrogen) atoms. The highest BCUT2D eigenvalue weighted by atomic mass is 19.1. The number of hydrogen-bond acceptors (Lipinski definition) is 4. The molecule has 2 atom stereocenters. The van der Waals surface area contributed by atoms with E-state index in [-0.39, 0.29) is 18.7 Å². The van der Waals surface area contributed by atoms with Crippen molar-refractivity contribution >= 4 is 0 Å². The molecule has 0 radical (unpaired) electrons. The van der Waals surface area contributed by atoms with Crippen molar-refractivity contribution in [3.05, 3.63) is 48.1 Å². The fourth-order valence-electron chi connectivity index (χ4n) is 2.06. The second-order valence-electron chi connectivity index (χ2n) is 4.73. The van der Waals surface area contributed by atoms with E-state index < -0.39 is 23.2 Å². The molecule has 2 rings (SSSR count). The van der Waals surface area contributed by atoms with Crippen molar-refractivity contribution in [2.24, 2.45) is 5.92 Å². The van der Waals surface area contributed by atoms with Crippen molar-refractivity contribution < 1.29 is 19.0 Å². The molecule has 0 aliphatic carbocycles. The molecule has 0 saturated heterocycles. The maximum Gasteiger partial charge on any atom is 0.137 e. The second kappa shape index (κ2) is 5.64. The molecule has 2 N–H and O–H groups in total. The van der Waals surface area contributed by atoms with Crippen LogP contribution in [0.25, 0.3) is 0 Å². The molecule has 0 fully saturated rings. The third-order valence-electron chi connectivity index (χ3n) is 3.36. The van der Waals surface area contributed by atoms with Crippen LogP contribution in [0.2, 0.25) is 0 Å². The third kappa shape index (κ3) is 2.68. The normalized spacial score (nSPS) is 15.8. The fourth-order valence-corrected chi connectivity index (χ4v) is 2.06. The van der Waals surface area contributed by atoms with Crippen LogP contribution in [0, 0.1) is 17.6 Å². The minimum Gasteiger partial charge on any atom is -0.396 e. The fraction of sp³-hybridized carbons (Fsp3) is 0.385. The van der Waals surface area contributed by atoms with Gasteiger partial charge in [-0.3, -0.25) is 0 Å². The van der Waals surface area contributed by atoms with Crippen molar-refractivity contribution in [3.8, 4) is 0 Å². The molecule has 5 nitrogen and oxygen atoms in total. The summed E-state index contributed by atoms with van der Waals surface area (Å²) in [6, 6.07) is 2.94. The van der Waals surface area contributed by atoms with Gasteiger partial charge in [-0.05, 0) is 6.07 Å². The Morgan fingerprint density at radius 3 is 2.70 bits per heavy atom. The van der Waals surface area contributed by atoms with Gasteiger partial charge in [-0.25, -0.2) is 18.4 Å². The molecule has 7 heteroatoms. The van der Waals surface area contributed by atoms with Crippen molar-refractivity contribution in [2.75, 3.05) is 6.61 Å². The van der Waals surface area contributed by atoms with Crippen LogP contribution in [0.4, 0.5) is 8.78 Å². The van der Waals surface area contributed by atoms with Crippen molar-refractivity contribution in [2.45, 2.75) is 19.1 Å². The topological polar surface area (TPSA) is 71.2 Å². The molecule has 0 aliphatic heterocycles. The summed E-state index contributed by atoms with van der Waals surface area (Å²) in [7, 11) is 0. The smallest absolute Gasteiger partial charge is 0.137 e. The zero-order chi connectivity index (χ0) is 14.8. The van der Waals surface area contributed by atoms with Crippen molar-refractivity contribution in [3.63, 3.8) is 0 Å². The van der Waals surface area contributed by atoms with Gasteiger partial charge >= 0.3 is 0 Å². The Balaban J connectivity index is 2.45. The van der Waals surface area contributed by atoms with Gasteiger partial charge in [0, 0.05) is 24.2 Å². The van der Waals surface area contributed by atoms with E-state index in [1.165, 1.54) is 23.4 Å². The summed E-state index contributed by atoms with van der Waals surface area (Å²) in [6.45, 7) is 1.11. The van der Waals surface area contributed by atoms with Gasteiger partial charge in [0.25, 0.3) is 0 Å². The zero-order valence-corrected chi connectivity index (χ0v) is 10.9. The van der Waals surface area contributed by atoms with Crippen LogP contribution in [-0.2, 0) is 12.1 Å². The van der Waals surface area contributed by atoms with Crippen LogP contribution in [0.5, 0.6) is 0 Å². The maximum absolute atomic E-state index is 13.9. The Labute approximate surface area is 114 Å². The lowest BCUT2D eigenvalue weighted by Gasteiger charge is -2.33. The molecule has 108 valence electrons. The molecule has 0 unspecified atom stereocenters. The molecule has 0 bridgehead atoms. The van der Waals surface area contributed by atoms with Gasteiger partial charge in [-0.1, -0.05) is 13.0 Å². The SMILES string of the molecule is C[C@@H](CO)[C@](O)(Cn1cncn1)c1ccc(F)cc1F. The Bertz CT molecular complexity index is 577. The summed E-state index contributed by atoms with van der Waals surface area (Å²) < 4.78 is 28.3. The standard InChI is InChI=1S/C13H15F2N3O2/c1-9(5-19)13(20,6-18-8-16-7-17-18)11-3-2-10(14)4-12(11)15/h2-4,7-9,19-20H,5-6H2,1H3/t9-,13+/m0/s1. The predicted octanol–water partition coefficient (Wildman–Crippen LogP) is 1.07. The van der Waals surface area contributed by atoms with E-state index in [1.807, 2.05) is 0 Å². The van der Waals surface area contributed by atoms with Crippen LogP contribution in [0.3, 0.4) is 0 Å². The summed E-state index contributed by atoms with van der Waals surface area (Å²) in [6.07, 6.45) is 2.65. The molecule has 0 amide bonds. The summed E-state index contributed by atoms with van der Waals surface area (Å²) in [5.41, 5.74) is -1.81. The van der Waals surface area contributed by atoms with Gasteiger partial charge in [-0.2, -0.15) is 5.10 Å². The lowest BCUT2D eigenvalue weighted by Crippen LogP contribution is -2.41. The van der Waals surface area contributed by atoms with Gasteiger partial charge in [0.05, 0.1) is 6.54 Å². The van der Waals surface area contributed by atoms with E-state index in [0.717, 1.165) is 6.07 Å². The summed E-state index contributed by atoms with van der Waals surface area (Å²) in [5, 5.41) is 23.9. The van der Waals surface area contributed by atoms with Crippen molar-refractivity contribution in [1.29, 1.82) is 0 Å². The Hall–Kier alpha value is -1.86. The van der Waals surface area contributed by atoms with Gasteiger partial charge in [0.1, 0.15) is 29.9 Å². The van der Waals surface area contributed by atoms with E-state index in [9.17, 15) is 19.0 Å². The lowest BCUT2D eigenvalue weighted by molar-refractivity contribution is -0.0566. The average molecular weight is 283 g/mol. The quantitative estimate of drug-likeness (QED) is 0.861. The van der Waals surface area contributed by atoms with Gasteiger partial charge in [0.2, 0.25) is 0 Å². The minimum atomic E-state index is -1.72. The third-order valence-corrected chi connectivity index (χ3v) is 3.36. The van der Waals surface area contributed by atoms with Crippen LogP contribution < -0.4 is 0 Å². The average Bonchev–Trinajstić information content (AvgIpc) is 2.90. The molecule has 2 aromatic rings. The number of rotatable bonds is 5. The molecule has 0 saturated carbocycles. The Kier molecular flexibility index (Phi) is 4.10. The number of nitrogens with zero attached hydrogens (tertiary/aromatic N) is 3. The van der Waals surface area contributed by atoms with Gasteiger partial charge < -0.3 is 10.2 Å². The monoisotopic (exact) mass is 283 g/mol. The van der Waals surface area contributed by atoms with Crippen LogP contribution in [-0.4, -0.2) is 31.6 Å². The van der Waals surface area contributed by atoms with E-state index in [0.29, 0.717) is 6.07 Å². The summed E-state index contributed by atoms with van der Waals surface area (Å²) in [5.74, 6) is -2.27. The first-order valence-electron chi connectivity index (χ1n) is 6.08. The molecule has 1 aromatic heterocycles. The summed E-state index contributed by atoms with van der Waals surface area (Å²) >= 11 is 0. The maximum atomic E-state index is 13.9. The van der Waals surface area contributed by atoms with Gasteiger partial charge in [0.15, 0.2) is 0 Å². The first-order valence-corrected chi connectivity index (χ1v) is 6.08. The van der Waals surface area contributed by atoms with Crippen LogP contribution >= 0.6 is 0 Å². The highest BCUT2D eigenvalue weighted by Crippen LogP contribution is 2.33. The number of aromatic nitrogens is 3. The second-order valence-corrected chi connectivity index (χ2v) is 4.73. The molecule has 0 aliphatic rings. The van der Waals surface area contributed by atoms with E-state index in [4.69, 9.17) is 0 Å². The first-order chi connectivity index (χ1) is 9.47. The van der Waals surface area contributed by atoms with Crippen LogP contribution in [0.15, 0.2) is 30.9 Å². The van der Waals surface area contributed by atoms with E-state index in [1.54, 1.807) is 6.92 Å². The van der Waals surface area contributed by atoms with E-state index >= 15 is 0 Å². The lowest BCUT2D eigenvalue weighted by atomic mass is 9.82. The number of aliphatic hydroxyl groups is 2. The summed E-state index contributed by atoms with van der Waals surface area (Å²) in [4.78, 5) is 3.75.